The van der Waals surface area contributed by atoms with E-state index in [1.807, 2.05) is 4.57 Å². The van der Waals surface area contributed by atoms with E-state index < -0.39 is 0 Å². The molecule has 1 aliphatic rings. The SMILES string of the molecule is CCCN(Cc1cc2ccc(C)cc2n(CCN(C)C)c1=O)CC1CC1. The zero-order valence-electron chi connectivity index (χ0n) is 16.8. The Kier molecular flexibility index (Phi) is 6.15. The number of aromatic nitrogens is 1. The molecule has 1 aliphatic carbocycles. The Balaban J connectivity index is 1.97. The number of benzene rings is 1. The molecular weight excluding hydrogens is 322 g/mol. The molecule has 2 aromatic rings. The minimum absolute atomic E-state index is 0.182. The zero-order valence-corrected chi connectivity index (χ0v) is 16.8. The number of hydrogen-bond acceptors (Lipinski definition) is 3. The van der Waals surface area contributed by atoms with Crippen LogP contribution in [-0.2, 0) is 13.1 Å². The summed E-state index contributed by atoms with van der Waals surface area (Å²) in [4.78, 5) is 17.9. The second-order valence-corrected chi connectivity index (χ2v) is 8.17. The standard InChI is InChI=1S/C22H33N3O/c1-5-10-24(15-18-7-8-18)16-20-14-19-9-6-17(2)13-21(19)25(22(20)26)12-11-23(3)4/h6,9,13-14,18H,5,7-8,10-12,15-16H2,1-4H3. The summed E-state index contributed by atoms with van der Waals surface area (Å²) >= 11 is 0. The van der Waals surface area contributed by atoms with E-state index in [-0.39, 0.29) is 5.56 Å². The van der Waals surface area contributed by atoms with Crippen molar-refractivity contribution in [2.45, 2.75) is 46.2 Å². The van der Waals surface area contributed by atoms with Crippen LogP contribution in [0.3, 0.4) is 0 Å². The van der Waals surface area contributed by atoms with E-state index in [4.69, 9.17) is 0 Å². The molecule has 0 saturated heterocycles. The van der Waals surface area contributed by atoms with Gasteiger partial charge in [-0.05, 0) is 75.8 Å². The van der Waals surface area contributed by atoms with Crippen molar-refractivity contribution in [2.24, 2.45) is 5.92 Å². The third kappa shape index (κ3) is 4.74. The molecule has 0 radical (unpaired) electrons. The summed E-state index contributed by atoms with van der Waals surface area (Å²) in [5, 5.41) is 1.17. The molecule has 1 aromatic heterocycles. The van der Waals surface area contributed by atoms with E-state index in [1.54, 1.807) is 0 Å². The third-order valence-corrected chi connectivity index (χ3v) is 5.24. The summed E-state index contributed by atoms with van der Waals surface area (Å²) in [6, 6.07) is 8.56. The Labute approximate surface area is 157 Å². The van der Waals surface area contributed by atoms with Crippen molar-refractivity contribution in [3.63, 3.8) is 0 Å². The van der Waals surface area contributed by atoms with Crippen LogP contribution in [0.4, 0.5) is 0 Å². The number of nitrogens with zero attached hydrogens (tertiary/aromatic N) is 3. The van der Waals surface area contributed by atoms with Gasteiger partial charge in [0.2, 0.25) is 0 Å². The van der Waals surface area contributed by atoms with E-state index >= 15 is 0 Å². The molecule has 0 spiro atoms. The van der Waals surface area contributed by atoms with E-state index in [0.717, 1.165) is 56.1 Å². The lowest BCUT2D eigenvalue weighted by atomic mass is 10.1. The lowest BCUT2D eigenvalue weighted by Crippen LogP contribution is -2.33. The van der Waals surface area contributed by atoms with E-state index in [0.29, 0.717) is 0 Å². The van der Waals surface area contributed by atoms with Gasteiger partial charge >= 0.3 is 0 Å². The normalized spacial score (nSPS) is 14.7. The Morgan fingerprint density at radius 2 is 1.92 bits per heavy atom. The predicted molar refractivity (Wildman–Crippen MR) is 110 cm³/mol. The highest BCUT2D eigenvalue weighted by atomic mass is 16.1. The lowest BCUT2D eigenvalue weighted by Gasteiger charge is -2.23. The van der Waals surface area contributed by atoms with Gasteiger partial charge in [-0.25, -0.2) is 0 Å². The predicted octanol–water partition coefficient (Wildman–Crippen LogP) is 3.49. The van der Waals surface area contributed by atoms with Crippen LogP contribution in [0.5, 0.6) is 0 Å². The van der Waals surface area contributed by atoms with Gasteiger partial charge in [0.05, 0.1) is 5.52 Å². The van der Waals surface area contributed by atoms with E-state index in [1.165, 1.54) is 23.8 Å². The van der Waals surface area contributed by atoms with Crippen LogP contribution in [0, 0.1) is 12.8 Å². The van der Waals surface area contributed by atoms with Crippen LogP contribution in [0.25, 0.3) is 10.9 Å². The molecule has 0 unspecified atom stereocenters. The van der Waals surface area contributed by atoms with Gasteiger partial charge < -0.3 is 9.47 Å². The first kappa shape index (κ1) is 19.1. The van der Waals surface area contributed by atoms with Crippen LogP contribution < -0.4 is 5.56 Å². The molecule has 1 saturated carbocycles. The van der Waals surface area contributed by atoms with Gasteiger partial charge in [0, 0.05) is 31.7 Å². The number of pyridine rings is 1. The summed E-state index contributed by atoms with van der Waals surface area (Å²) in [5.41, 5.74) is 3.38. The highest BCUT2D eigenvalue weighted by Gasteiger charge is 2.24. The third-order valence-electron chi connectivity index (χ3n) is 5.24. The quantitative estimate of drug-likeness (QED) is 0.689. The van der Waals surface area contributed by atoms with Crippen LogP contribution in [-0.4, -0.2) is 48.1 Å². The highest BCUT2D eigenvalue weighted by Crippen LogP contribution is 2.30. The molecule has 1 fully saturated rings. The maximum Gasteiger partial charge on any atom is 0.255 e. The Bertz CT molecular complexity index is 805. The molecule has 1 aromatic carbocycles. The molecule has 0 N–H and O–H groups in total. The van der Waals surface area contributed by atoms with Gasteiger partial charge in [-0.2, -0.15) is 0 Å². The Hall–Kier alpha value is -1.65. The van der Waals surface area contributed by atoms with Gasteiger partial charge in [-0.1, -0.05) is 19.1 Å². The minimum Gasteiger partial charge on any atom is -0.308 e. The second kappa shape index (κ2) is 8.36. The van der Waals surface area contributed by atoms with Crippen molar-refractivity contribution in [3.05, 3.63) is 45.7 Å². The number of hydrogen-bond donors (Lipinski definition) is 0. The fourth-order valence-corrected chi connectivity index (χ4v) is 3.63. The first-order valence-electron chi connectivity index (χ1n) is 9.98. The van der Waals surface area contributed by atoms with Crippen LogP contribution in [0.1, 0.15) is 37.3 Å². The highest BCUT2D eigenvalue weighted by molar-refractivity contribution is 5.80. The number of fused-ring (bicyclic) bond motifs is 1. The van der Waals surface area contributed by atoms with Gasteiger partial charge in [-0.15, -0.1) is 0 Å². The molecule has 26 heavy (non-hydrogen) atoms. The summed E-state index contributed by atoms with van der Waals surface area (Å²) < 4.78 is 1.99. The molecule has 1 heterocycles. The molecule has 0 bridgehead atoms. The molecule has 0 atom stereocenters. The van der Waals surface area contributed by atoms with Crippen molar-refractivity contribution in [2.75, 3.05) is 33.7 Å². The molecule has 0 amide bonds. The first-order valence-corrected chi connectivity index (χ1v) is 9.98. The van der Waals surface area contributed by atoms with Gasteiger partial charge in [0.15, 0.2) is 0 Å². The summed E-state index contributed by atoms with van der Waals surface area (Å²) in [6.45, 7) is 8.89. The topological polar surface area (TPSA) is 28.5 Å². The van der Waals surface area contributed by atoms with Gasteiger partial charge in [-0.3, -0.25) is 9.69 Å². The molecule has 142 valence electrons. The number of rotatable bonds is 9. The number of likely N-dealkylation sites (N-methyl/N-ethyl adjacent to an activating group) is 1. The zero-order chi connectivity index (χ0) is 18.7. The maximum absolute atomic E-state index is 13.3. The van der Waals surface area contributed by atoms with Crippen molar-refractivity contribution in [1.82, 2.24) is 14.4 Å². The average Bonchev–Trinajstić information content (AvgIpc) is 3.39. The molecule has 4 heteroatoms. The van der Waals surface area contributed by atoms with Crippen LogP contribution in [0.15, 0.2) is 29.1 Å². The maximum atomic E-state index is 13.3. The Morgan fingerprint density at radius 1 is 1.15 bits per heavy atom. The average molecular weight is 356 g/mol. The second-order valence-electron chi connectivity index (χ2n) is 8.17. The van der Waals surface area contributed by atoms with Gasteiger partial charge in [0.25, 0.3) is 5.56 Å². The molecule has 4 nitrogen and oxygen atoms in total. The smallest absolute Gasteiger partial charge is 0.255 e. The molecule has 3 rings (SSSR count). The van der Waals surface area contributed by atoms with Gasteiger partial charge in [0.1, 0.15) is 0 Å². The number of aryl methyl sites for hydroxylation is 1. The largest absolute Gasteiger partial charge is 0.308 e. The minimum atomic E-state index is 0.182. The fourth-order valence-electron chi connectivity index (χ4n) is 3.63. The van der Waals surface area contributed by atoms with Crippen molar-refractivity contribution in [3.8, 4) is 0 Å². The van der Waals surface area contributed by atoms with E-state index in [2.05, 4.69) is 62.0 Å². The van der Waals surface area contributed by atoms with Crippen LogP contribution >= 0.6 is 0 Å². The van der Waals surface area contributed by atoms with E-state index in [9.17, 15) is 4.79 Å². The summed E-state index contributed by atoms with van der Waals surface area (Å²) in [7, 11) is 4.11. The summed E-state index contributed by atoms with van der Waals surface area (Å²) in [5.74, 6) is 0.848. The lowest BCUT2D eigenvalue weighted by molar-refractivity contribution is 0.253. The molecule has 0 aliphatic heterocycles. The molecular formula is C22H33N3O. The van der Waals surface area contributed by atoms with Crippen molar-refractivity contribution in [1.29, 1.82) is 0 Å². The summed E-state index contributed by atoms with van der Waals surface area (Å²) in [6.07, 6.45) is 3.84. The van der Waals surface area contributed by atoms with Crippen LogP contribution in [0.2, 0.25) is 0 Å². The van der Waals surface area contributed by atoms with Crippen molar-refractivity contribution < 1.29 is 0 Å². The first-order chi connectivity index (χ1) is 12.5. The monoisotopic (exact) mass is 355 g/mol. The Morgan fingerprint density at radius 3 is 2.58 bits per heavy atom. The van der Waals surface area contributed by atoms with Crippen molar-refractivity contribution >= 4 is 10.9 Å². The fraction of sp³-hybridized carbons (Fsp3) is 0.591.